The van der Waals surface area contributed by atoms with Crippen molar-refractivity contribution in [1.82, 2.24) is 9.78 Å². The lowest BCUT2D eigenvalue weighted by molar-refractivity contribution is 0.464. The lowest BCUT2D eigenvalue weighted by atomic mass is 10.0. The van der Waals surface area contributed by atoms with Gasteiger partial charge in [0.15, 0.2) is 0 Å². The van der Waals surface area contributed by atoms with Gasteiger partial charge in [-0.05, 0) is 43.0 Å². The maximum absolute atomic E-state index is 12.1. The second-order valence-corrected chi connectivity index (χ2v) is 5.74. The standard InChI is InChI=1S/C17H19N3O/c1-11(2)10-20-17(21)15(9-18)8-16(19-20)14-6-5-12(3)13(4)7-14/h5-8,11H,10H2,1-4H3. The number of rotatable bonds is 3. The lowest BCUT2D eigenvalue weighted by Crippen LogP contribution is -2.27. The summed E-state index contributed by atoms with van der Waals surface area (Å²) >= 11 is 0. The monoisotopic (exact) mass is 281 g/mol. The maximum atomic E-state index is 12.1. The van der Waals surface area contributed by atoms with Gasteiger partial charge < -0.3 is 0 Å². The second kappa shape index (κ2) is 5.92. The van der Waals surface area contributed by atoms with Gasteiger partial charge in [-0.1, -0.05) is 26.0 Å². The highest BCUT2D eigenvalue weighted by Crippen LogP contribution is 2.20. The molecule has 0 saturated heterocycles. The summed E-state index contributed by atoms with van der Waals surface area (Å²) in [6.07, 6.45) is 0. The molecule has 1 aromatic carbocycles. The van der Waals surface area contributed by atoms with E-state index in [1.807, 2.05) is 52.0 Å². The molecule has 4 nitrogen and oxygen atoms in total. The molecule has 0 amide bonds. The third-order valence-electron chi connectivity index (χ3n) is 3.44. The fraction of sp³-hybridized carbons (Fsp3) is 0.353. The van der Waals surface area contributed by atoms with Gasteiger partial charge in [-0.15, -0.1) is 0 Å². The van der Waals surface area contributed by atoms with Crippen LogP contribution in [0.1, 0.15) is 30.5 Å². The van der Waals surface area contributed by atoms with Gasteiger partial charge in [0.25, 0.3) is 5.56 Å². The first-order valence-corrected chi connectivity index (χ1v) is 7.02. The van der Waals surface area contributed by atoms with Crippen LogP contribution in [0.15, 0.2) is 29.1 Å². The Bertz CT molecular complexity index is 767. The average Bonchev–Trinajstić information content (AvgIpc) is 2.43. The first-order chi connectivity index (χ1) is 9.92. The number of aromatic nitrogens is 2. The van der Waals surface area contributed by atoms with Crippen LogP contribution in [0.2, 0.25) is 0 Å². The Morgan fingerprint density at radius 1 is 1.24 bits per heavy atom. The zero-order valence-electron chi connectivity index (χ0n) is 12.8. The van der Waals surface area contributed by atoms with Crippen LogP contribution < -0.4 is 5.56 Å². The van der Waals surface area contributed by atoms with E-state index in [0.717, 1.165) is 11.1 Å². The van der Waals surface area contributed by atoms with Crippen LogP contribution in [0, 0.1) is 31.1 Å². The number of aryl methyl sites for hydroxylation is 2. The van der Waals surface area contributed by atoms with E-state index < -0.39 is 0 Å². The van der Waals surface area contributed by atoms with E-state index in [4.69, 9.17) is 5.26 Å². The molecular weight excluding hydrogens is 262 g/mol. The summed E-state index contributed by atoms with van der Waals surface area (Å²) in [5.74, 6) is 0.289. The molecule has 108 valence electrons. The highest BCUT2D eigenvalue weighted by molar-refractivity contribution is 5.61. The van der Waals surface area contributed by atoms with Gasteiger partial charge in [0, 0.05) is 12.1 Å². The molecule has 21 heavy (non-hydrogen) atoms. The zero-order chi connectivity index (χ0) is 15.6. The topological polar surface area (TPSA) is 58.7 Å². The van der Waals surface area contributed by atoms with Crippen LogP contribution >= 0.6 is 0 Å². The second-order valence-electron chi connectivity index (χ2n) is 5.74. The predicted molar refractivity (Wildman–Crippen MR) is 83.0 cm³/mol. The molecular formula is C17H19N3O. The first kappa shape index (κ1) is 15.0. The Labute approximate surface area is 124 Å². The van der Waals surface area contributed by atoms with Gasteiger partial charge in [0.1, 0.15) is 11.6 Å². The summed E-state index contributed by atoms with van der Waals surface area (Å²) < 4.78 is 1.40. The molecule has 0 aliphatic rings. The number of hydrogen-bond acceptors (Lipinski definition) is 3. The van der Waals surface area contributed by atoms with Crippen LogP contribution in [0.3, 0.4) is 0 Å². The Balaban J connectivity index is 2.61. The molecule has 0 fully saturated rings. The fourth-order valence-electron chi connectivity index (χ4n) is 2.13. The molecule has 0 aliphatic heterocycles. The van der Waals surface area contributed by atoms with E-state index in [9.17, 15) is 4.79 Å². The minimum absolute atomic E-state index is 0.138. The van der Waals surface area contributed by atoms with Crippen molar-refractivity contribution in [2.45, 2.75) is 34.2 Å². The zero-order valence-corrected chi connectivity index (χ0v) is 12.8. The van der Waals surface area contributed by atoms with E-state index in [0.29, 0.717) is 12.2 Å². The number of nitriles is 1. The molecule has 0 saturated carbocycles. The molecule has 2 rings (SSSR count). The van der Waals surface area contributed by atoms with Gasteiger partial charge in [-0.25, -0.2) is 4.68 Å². The average molecular weight is 281 g/mol. The maximum Gasteiger partial charge on any atom is 0.284 e. The normalized spacial score (nSPS) is 10.7. The highest BCUT2D eigenvalue weighted by atomic mass is 16.1. The van der Waals surface area contributed by atoms with Crippen molar-refractivity contribution in [1.29, 1.82) is 5.26 Å². The first-order valence-electron chi connectivity index (χ1n) is 7.02. The third-order valence-corrected chi connectivity index (χ3v) is 3.44. The van der Waals surface area contributed by atoms with Crippen molar-refractivity contribution >= 4 is 0 Å². The summed E-state index contributed by atoms with van der Waals surface area (Å²) in [5.41, 5.74) is 3.77. The molecule has 1 heterocycles. The molecule has 0 N–H and O–H groups in total. The third kappa shape index (κ3) is 3.19. The van der Waals surface area contributed by atoms with Crippen LogP contribution in [-0.4, -0.2) is 9.78 Å². The number of nitrogens with zero attached hydrogens (tertiary/aromatic N) is 3. The Hall–Kier alpha value is -2.41. The van der Waals surface area contributed by atoms with Crippen molar-refractivity contribution < 1.29 is 0 Å². The fourth-order valence-corrected chi connectivity index (χ4v) is 2.13. The van der Waals surface area contributed by atoms with Crippen molar-refractivity contribution in [3.63, 3.8) is 0 Å². The van der Waals surface area contributed by atoms with Crippen molar-refractivity contribution in [3.05, 3.63) is 51.3 Å². The highest BCUT2D eigenvalue weighted by Gasteiger charge is 2.11. The summed E-state index contributed by atoms with van der Waals surface area (Å²) in [6.45, 7) is 8.62. The Morgan fingerprint density at radius 2 is 1.95 bits per heavy atom. The van der Waals surface area contributed by atoms with Gasteiger partial charge in [-0.3, -0.25) is 4.79 Å². The van der Waals surface area contributed by atoms with E-state index in [2.05, 4.69) is 5.10 Å². The SMILES string of the molecule is Cc1ccc(-c2cc(C#N)c(=O)n(CC(C)C)n2)cc1C. The van der Waals surface area contributed by atoms with Crippen LogP contribution in [0.5, 0.6) is 0 Å². The summed E-state index contributed by atoms with van der Waals surface area (Å²) in [6, 6.07) is 9.57. The summed E-state index contributed by atoms with van der Waals surface area (Å²) in [7, 11) is 0. The van der Waals surface area contributed by atoms with Gasteiger partial charge in [0.05, 0.1) is 5.69 Å². The smallest absolute Gasteiger partial charge is 0.266 e. The van der Waals surface area contributed by atoms with Crippen LogP contribution in [0.25, 0.3) is 11.3 Å². The predicted octanol–water partition coefficient (Wildman–Crippen LogP) is 3.05. The van der Waals surface area contributed by atoms with Crippen molar-refractivity contribution in [3.8, 4) is 17.3 Å². The molecule has 0 unspecified atom stereocenters. The van der Waals surface area contributed by atoms with E-state index in [1.54, 1.807) is 6.07 Å². The summed E-state index contributed by atoms with van der Waals surface area (Å²) in [5, 5.41) is 13.6. The number of benzene rings is 1. The van der Waals surface area contributed by atoms with Crippen LogP contribution in [-0.2, 0) is 6.54 Å². The summed E-state index contributed by atoms with van der Waals surface area (Å²) in [4.78, 5) is 12.1. The Morgan fingerprint density at radius 3 is 2.52 bits per heavy atom. The minimum Gasteiger partial charge on any atom is -0.266 e. The molecule has 0 bridgehead atoms. The molecule has 0 spiro atoms. The van der Waals surface area contributed by atoms with E-state index in [-0.39, 0.29) is 17.0 Å². The molecule has 4 heteroatoms. The minimum atomic E-state index is -0.321. The quantitative estimate of drug-likeness (QED) is 0.868. The molecule has 0 aliphatic carbocycles. The molecule has 2 aromatic rings. The van der Waals surface area contributed by atoms with Gasteiger partial charge in [-0.2, -0.15) is 10.4 Å². The largest absolute Gasteiger partial charge is 0.284 e. The van der Waals surface area contributed by atoms with Gasteiger partial charge in [0.2, 0.25) is 0 Å². The van der Waals surface area contributed by atoms with E-state index >= 15 is 0 Å². The van der Waals surface area contributed by atoms with Gasteiger partial charge >= 0.3 is 0 Å². The molecule has 0 atom stereocenters. The van der Waals surface area contributed by atoms with Crippen LogP contribution in [0.4, 0.5) is 0 Å². The Kier molecular flexibility index (Phi) is 4.23. The molecule has 0 radical (unpaired) electrons. The van der Waals surface area contributed by atoms with E-state index in [1.165, 1.54) is 10.2 Å². The lowest BCUT2D eigenvalue weighted by Gasteiger charge is -2.11. The molecule has 1 aromatic heterocycles. The van der Waals surface area contributed by atoms with Crippen molar-refractivity contribution in [2.24, 2.45) is 5.92 Å². The number of hydrogen-bond donors (Lipinski definition) is 0. The van der Waals surface area contributed by atoms with Crippen molar-refractivity contribution in [2.75, 3.05) is 0 Å².